The molecule has 1 aromatic heterocycles. The van der Waals surface area contributed by atoms with Gasteiger partial charge in [-0.05, 0) is 32.1 Å². The van der Waals surface area contributed by atoms with Gasteiger partial charge in [-0.1, -0.05) is 12.8 Å². The number of rotatable bonds is 2. The largest absolute Gasteiger partial charge is 0.319 e. The third kappa shape index (κ3) is 1.62. The topological polar surface area (TPSA) is 38.9 Å². The molecule has 1 aromatic rings. The van der Waals surface area contributed by atoms with E-state index >= 15 is 0 Å². The zero-order valence-electron chi connectivity index (χ0n) is 9.04. The first kappa shape index (κ1) is 9.79. The van der Waals surface area contributed by atoms with Crippen LogP contribution in [-0.4, -0.2) is 4.98 Å². The molecule has 0 radical (unpaired) electrons. The number of hydrogen-bond donors (Lipinski definition) is 1. The fourth-order valence-electron chi connectivity index (χ4n) is 2.70. The van der Waals surface area contributed by atoms with Crippen LogP contribution in [0.1, 0.15) is 61.6 Å². The van der Waals surface area contributed by atoms with Crippen molar-refractivity contribution < 1.29 is 0 Å². The molecule has 1 heterocycles. The Morgan fingerprint density at radius 1 is 1.27 bits per heavy atom. The molecule has 2 fully saturated rings. The zero-order chi connectivity index (χ0) is 10.3. The number of nitrogens with two attached hydrogens (primary N) is 1. The summed E-state index contributed by atoms with van der Waals surface area (Å²) in [5.41, 5.74) is 7.55. The molecule has 0 saturated heterocycles. The molecule has 15 heavy (non-hydrogen) atoms. The number of hydrogen-bond acceptors (Lipinski definition) is 3. The van der Waals surface area contributed by atoms with E-state index in [-0.39, 0.29) is 5.54 Å². The molecule has 2 nitrogen and oxygen atoms in total. The molecule has 2 aliphatic rings. The highest BCUT2D eigenvalue weighted by Crippen LogP contribution is 2.42. The molecule has 2 N–H and O–H groups in total. The lowest BCUT2D eigenvalue weighted by Gasteiger charge is -2.35. The van der Waals surface area contributed by atoms with Crippen LogP contribution in [0.5, 0.6) is 0 Å². The van der Waals surface area contributed by atoms with Crippen LogP contribution >= 0.6 is 11.3 Å². The minimum atomic E-state index is -0.0540. The first-order chi connectivity index (χ1) is 7.28. The summed E-state index contributed by atoms with van der Waals surface area (Å²) in [5, 5.41) is 3.44. The predicted octanol–water partition coefficient (Wildman–Crippen LogP) is 3.14. The minimum Gasteiger partial charge on any atom is -0.319 e. The van der Waals surface area contributed by atoms with Crippen LogP contribution in [0.15, 0.2) is 5.38 Å². The minimum absolute atomic E-state index is 0.0540. The smallest absolute Gasteiger partial charge is 0.113 e. The van der Waals surface area contributed by atoms with E-state index in [9.17, 15) is 0 Å². The Balaban J connectivity index is 1.80. The molecule has 0 aliphatic heterocycles. The predicted molar refractivity (Wildman–Crippen MR) is 63.0 cm³/mol. The van der Waals surface area contributed by atoms with Crippen molar-refractivity contribution >= 4 is 11.3 Å². The number of aromatic nitrogens is 1. The van der Waals surface area contributed by atoms with Crippen LogP contribution in [-0.2, 0) is 5.54 Å². The van der Waals surface area contributed by atoms with Crippen molar-refractivity contribution in [1.82, 2.24) is 4.98 Å². The lowest BCUT2D eigenvalue weighted by molar-refractivity contribution is 0.252. The van der Waals surface area contributed by atoms with Gasteiger partial charge in [-0.2, -0.15) is 0 Å². The average Bonchev–Trinajstić information content (AvgIpc) is 2.84. The van der Waals surface area contributed by atoms with E-state index in [1.54, 1.807) is 11.3 Å². The molecule has 0 spiro atoms. The van der Waals surface area contributed by atoms with Crippen LogP contribution in [0.25, 0.3) is 0 Å². The third-order valence-corrected chi connectivity index (χ3v) is 5.05. The van der Waals surface area contributed by atoms with E-state index in [2.05, 4.69) is 5.38 Å². The van der Waals surface area contributed by atoms with E-state index in [1.165, 1.54) is 42.8 Å². The van der Waals surface area contributed by atoms with Gasteiger partial charge in [-0.15, -0.1) is 11.3 Å². The Labute approximate surface area is 94.9 Å². The summed E-state index contributed by atoms with van der Waals surface area (Å²) in [4.78, 5) is 4.78. The lowest BCUT2D eigenvalue weighted by atomic mass is 9.78. The van der Waals surface area contributed by atoms with Crippen LogP contribution in [0.3, 0.4) is 0 Å². The molecule has 3 heteroatoms. The molecule has 2 aliphatic carbocycles. The van der Waals surface area contributed by atoms with Crippen LogP contribution in [0.2, 0.25) is 0 Å². The summed E-state index contributed by atoms with van der Waals surface area (Å²) in [7, 11) is 0. The van der Waals surface area contributed by atoms with Gasteiger partial charge in [0.05, 0.1) is 11.2 Å². The summed E-state index contributed by atoms with van der Waals surface area (Å²) >= 11 is 1.78. The Bertz CT molecular complexity index is 348. The van der Waals surface area contributed by atoms with Crippen LogP contribution < -0.4 is 5.73 Å². The highest BCUT2D eigenvalue weighted by molar-refractivity contribution is 7.09. The van der Waals surface area contributed by atoms with Crippen LogP contribution in [0.4, 0.5) is 0 Å². The van der Waals surface area contributed by atoms with Gasteiger partial charge in [0.2, 0.25) is 0 Å². The van der Waals surface area contributed by atoms with E-state index in [0.29, 0.717) is 0 Å². The van der Waals surface area contributed by atoms with Gasteiger partial charge in [0.1, 0.15) is 5.01 Å². The summed E-state index contributed by atoms with van der Waals surface area (Å²) in [6, 6.07) is 0. The van der Waals surface area contributed by atoms with Gasteiger partial charge in [-0.25, -0.2) is 4.98 Å². The number of nitrogens with zero attached hydrogens (tertiary/aromatic N) is 1. The molecule has 0 atom stereocenters. The second-order valence-electron chi connectivity index (χ2n) is 5.07. The van der Waals surface area contributed by atoms with E-state index < -0.39 is 0 Å². The van der Waals surface area contributed by atoms with Crippen molar-refractivity contribution in [2.75, 3.05) is 0 Å². The first-order valence-corrected chi connectivity index (χ1v) is 6.91. The summed E-state index contributed by atoms with van der Waals surface area (Å²) in [5.74, 6) is 0.735. The van der Waals surface area contributed by atoms with Gasteiger partial charge in [0, 0.05) is 11.3 Å². The monoisotopic (exact) mass is 222 g/mol. The van der Waals surface area contributed by atoms with Crippen molar-refractivity contribution in [2.45, 2.75) is 56.4 Å². The second-order valence-corrected chi connectivity index (χ2v) is 5.93. The molecule has 0 bridgehead atoms. The van der Waals surface area contributed by atoms with E-state index in [1.807, 2.05) is 0 Å². The Kier molecular flexibility index (Phi) is 2.33. The van der Waals surface area contributed by atoms with Gasteiger partial charge in [0.15, 0.2) is 0 Å². The fourth-order valence-corrected chi connectivity index (χ4v) is 3.77. The highest BCUT2D eigenvalue weighted by atomic mass is 32.1. The maximum atomic E-state index is 6.28. The molecule has 0 aromatic carbocycles. The van der Waals surface area contributed by atoms with Crippen LogP contribution in [0, 0.1) is 0 Å². The fraction of sp³-hybridized carbons (Fsp3) is 0.750. The number of thiazole rings is 1. The summed E-state index contributed by atoms with van der Waals surface area (Å²) < 4.78 is 0. The quantitative estimate of drug-likeness (QED) is 0.835. The van der Waals surface area contributed by atoms with Gasteiger partial charge in [0.25, 0.3) is 0 Å². The van der Waals surface area contributed by atoms with E-state index in [0.717, 1.165) is 18.8 Å². The lowest BCUT2D eigenvalue weighted by Crippen LogP contribution is -2.43. The van der Waals surface area contributed by atoms with Crippen molar-refractivity contribution in [1.29, 1.82) is 0 Å². The molecule has 2 saturated carbocycles. The second kappa shape index (κ2) is 3.56. The van der Waals surface area contributed by atoms with Crippen molar-refractivity contribution in [3.63, 3.8) is 0 Å². The summed E-state index contributed by atoms with van der Waals surface area (Å²) in [6.45, 7) is 0. The normalized spacial score (nSPS) is 25.4. The molecular weight excluding hydrogens is 204 g/mol. The molecule has 3 rings (SSSR count). The maximum absolute atomic E-state index is 6.28. The molecule has 0 unspecified atom stereocenters. The van der Waals surface area contributed by atoms with Crippen molar-refractivity contribution in [3.8, 4) is 0 Å². The van der Waals surface area contributed by atoms with Gasteiger partial charge in [-0.3, -0.25) is 0 Å². The van der Waals surface area contributed by atoms with Gasteiger partial charge < -0.3 is 5.73 Å². The molecular formula is C12H18N2S. The standard InChI is InChI=1S/C12H18N2S/c13-12(6-3-7-12)11-14-10(8-15-11)9-4-1-2-5-9/h8-9H,1-7,13H2. The van der Waals surface area contributed by atoms with E-state index in [4.69, 9.17) is 10.7 Å². The average molecular weight is 222 g/mol. The summed E-state index contributed by atoms with van der Waals surface area (Å²) in [6.07, 6.45) is 8.96. The zero-order valence-corrected chi connectivity index (χ0v) is 9.85. The highest BCUT2D eigenvalue weighted by Gasteiger charge is 2.37. The van der Waals surface area contributed by atoms with Crippen molar-refractivity contribution in [2.24, 2.45) is 5.73 Å². The SMILES string of the molecule is NC1(c2nc(C3CCCC3)cs2)CCC1. The maximum Gasteiger partial charge on any atom is 0.113 e. The molecule has 0 amide bonds. The first-order valence-electron chi connectivity index (χ1n) is 6.03. The van der Waals surface area contributed by atoms with Gasteiger partial charge >= 0.3 is 0 Å². The third-order valence-electron chi connectivity index (χ3n) is 3.97. The Morgan fingerprint density at radius 2 is 2.00 bits per heavy atom. The molecule has 82 valence electrons. The van der Waals surface area contributed by atoms with Crippen molar-refractivity contribution in [3.05, 3.63) is 16.1 Å². The Morgan fingerprint density at radius 3 is 2.60 bits per heavy atom. The Hall–Kier alpha value is -0.410.